The molecular weight excluding hydrogens is 178 g/mol. The first-order valence-electron chi connectivity index (χ1n) is 5.25. The predicted octanol–water partition coefficient (Wildman–Crippen LogP) is 2.89. The third kappa shape index (κ3) is 3.51. The van der Waals surface area contributed by atoms with Crippen LogP contribution in [0.3, 0.4) is 0 Å². The number of hydrogen-bond acceptors (Lipinski definition) is 2. The van der Waals surface area contributed by atoms with E-state index in [2.05, 4.69) is 32.5 Å². The van der Waals surface area contributed by atoms with Gasteiger partial charge in [-0.25, -0.2) is 0 Å². The smallest absolute Gasteiger partial charge is 0.00197 e. The number of hydrogen-bond donors (Lipinski definition) is 1. The van der Waals surface area contributed by atoms with Crippen LogP contribution in [0.2, 0.25) is 0 Å². The van der Waals surface area contributed by atoms with Gasteiger partial charge in [-0.1, -0.05) is 20.8 Å². The van der Waals surface area contributed by atoms with Gasteiger partial charge >= 0.3 is 0 Å². The Hall–Kier alpha value is 0.310. The van der Waals surface area contributed by atoms with E-state index in [0.29, 0.717) is 10.8 Å². The molecule has 0 unspecified atom stereocenters. The van der Waals surface area contributed by atoms with Crippen molar-refractivity contribution in [2.24, 2.45) is 16.6 Å². The van der Waals surface area contributed by atoms with Crippen LogP contribution in [-0.4, -0.2) is 18.1 Å². The van der Waals surface area contributed by atoms with E-state index in [1.807, 2.05) is 0 Å². The lowest BCUT2D eigenvalue weighted by atomic mass is 9.70. The SMILES string of the molecule is CC(C)(C)CC1(CN)CCSCC1. The van der Waals surface area contributed by atoms with Gasteiger partial charge in [-0.2, -0.15) is 11.8 Å². The van der Waals surface area contributed by atoms with Crippen LogP contribution in [0.15, 0.2) is 0 Å². The molecular formula is C11H23NS. The van der Waals surface area contributed by atoms with Gasteiger partial charge in [-0.15, -0.1) is 0 Å². The molecule has 1 nitrogen and oxygen atoms in total. The lowest BCUT2D eigenvalue weighted by Crippen LogP contribution is -2.37. The summed E-state index contributed by atoms with van der Waals surface area (Å²) < 4.78 is 0. The van der Waals surface area contributed by atoms with Gasteiger partial charge in [0.25, 0.3) is 0 Å². The third-order valence-electron chi connectivity index (χ3n) is 2.89. The highest BCUT2D eigenvalue weighted by molar-refractivity contribution is 7.99. The van der Waals surface area contributed by atoms with Gasteiger partial charge in [-0.3, -0.25) is 0 Å². The fourth-order valence-electron chi connectivity index (χ4n) is 2.38. The highest BCUT2D eigenvalue weighted by Crippen LogP contribution is 2.42. The Morgan fingerprint density at radius 1 is 1.23 bits per heavy atom. The minimum Gasteiger partial charge on any atom is -0.330 e. The molecule has 0 radical (unpaired) electrons. The number of rotatable bonds is 2. The van der Waals surface area contributed by atoms with Gasteiger partial charge in [0.1, 0.15) is 0 Å². The first-order valence-corrected chi connectivity index (χ1v) is 6.41. The minimum atomic E-state index is 0.432. The molecule has 1 fully saturated rings. The van der Waals surface area contributed by atoms with E-state index < -0.39 is 0 Å². The molecule has 0 aliphatic carbocycles. The maximum atomic E-state index is 5.94. The Bertz CT molecular complexity index is 154. The molecule has 1 aliphatic rings. The summed E-state index contributed by atoms with van der Waals surface area (Å²) in [6.45, 7) is 7.86. The van der Waals surface area contributed by atoms with Crippen LogP contribution in [0, 0.1) is 10.8 Å². The lowest BCUT2D eigenvalue weighted by molar-refractivity contribution is 0.163. The molecule has 13 heavy (non-hydrogen) atoms. The van der Waals surface area contributed by atoms with Crippen LogP contribution in [-0.2, 0) is 0 Å². The highest BCUT2D eigenvalue weighted by atomic mass is 32.2. The molecule has 0 bridgehead atoms. The number of nitrogens with two attached hydrogens (primary N) is 1. The fraction of sp³-hybridized carbons (Fsp3) is 1.00. The van der Waals surface area contributed by atoms with Crippen LogP contribution < -0.4 is 5.73 Å². The second-order valence-corrected chi connectivity index (χ2v) is 6.78. The molecule has 0 spiro atoms. The van der Waals surface area contributed by atoms with Gasteiger partial charge in [0.2, 0.25) is 0 Å². The Balaban J connectivity index is 2.57. The lowest BCUT2D eigenvalue weighted by Gasteiger charge is -2.40. The molecule has 1 heterocycles. The van der Waals surface area contributed by atoms with Gasteiger partial charge in [0, 0.05) is 0 Å². The van der Waals surface area contributed by atoms with Crippen molar-refractivity contribution in [2.75, 3.05) is 18.1 Å². The van der Waals surface area contributed by atoms with E-state index in [-0.39, 0.29) is 0 Å². The van der Waals surface area contributed by atoms with Gasteiger partial charge in [-0.05, 0) is 48.1 Å². The molecule has 0 aromatic rings. The molecule has 1 rings (SSSR count). The Kier molecular flexibility index (Phi) is 3.70. The van der Waals surface area contributed by atoms with Crippen molar-refractivity contribution < 1.29 is 0 Å². The van der Waals surface area contributed by atoms with Crippen molar-refractivity contribution in [1.82, 2.24) is 0 Å². The van der Waals surface area contributed by atoms with E-state index in [9.17, 15) is 0 Å². The van der Waals surface area contributed by atoms with Crippen molar-refractivity contribution in [3.8, 4) is 0 Å². The summed E-state index contributed by atoms with van der Waals surface area (Å²) in [6, 6.07) is 0. The van der Waals surface area contributed by atoms with Crippen molar-refractivity contribution >= 4 is 11.8 Å². The van der Waals surface area contributed by atoms with Crippen LogP contribution >= 0.6 is 11.8 Å². The summed E-state index contributed by atoms with van der Waals surface area (Å²) in [6.07, 6.45) is 3.94. The first kappa shape index (κ1) is 11.4. The molecule has 0 aromatic heterocycles. The second kappa shape index (κ2) is 4.22. The molecule has 0 amide bonds. The van der Waals surface area contributed by atoms with Gasteiger partial charge < -0.3 is 5.73 Å². The van der Waals surface area contributed by atoms with Gasteiger partial charge in [0.15, 0.2) is 0 Å². The zero-order chi connectivity index (χ0) is 9.95. The average molecular weight is 201 g/mol. The molecule has 2 heteroatoms. The normalized spacial score (nSPS) is 23.1. The maximum Gasteiger partial charge on any atom is -0.00197 e. The van der Waals surface area contributed by atoms with Crippen molar-refractivity contribution in [1.29, 1.82) is 0 Å². The van der Waals surface area contributed by atoms with Crippen molar-refractivity contribution in [3.63, 3.8) is 0 Å². The van der Waals surface area contributed by atoms with E-state index in [1.54, 1.807) is 0 Å². The second-order valence-electron chi connectivity index (χ2n) is 5.55. The zero-order valence-corrected chi connectivity index (χ0v) is 10.0. The Labute approximate surface area is 86.8 Å². The van der Waals surface area contributed by atoms with Gasteiger partial charge in [0.05, 0.1) is 0 Å². The molecule has 2 N–H and O–H groups in total. The van der Waals surface area contributed by atoms with Crippen molar-refractivity contribution in [2.45, 2.75) is 40.0 Å². The molecule has 1 saturated heterocycles. The predicted molar refractivity (Wildman–Crippen MR) is 62.1 cm³/mol. The van der Waals surface area contributed by atoms with Crippen LogP contribution in [0.5, 0.6) is 0 Å². The monoisotopic (exact) mass is 201 g/mol. The summed E-state index contributed by atoms with van der Waals surface area (Å²) in [5.41, 5.74) is 6.83. The van der Waals surface area contributed by atoms with E-state index in [0.717, 1.165) is 6.54 Å². The first-order chi connectivity index (χ1) is 5.97. The summed E-state index contributed by atoms with van der Waals surface area (Å²) >= 11 is 2.08. The summed E-state index contributed by atoms with van der Waals surface area (Å²) in [5.74, 6) is 2.63. The maximum absolute atomic E-state index is 5.94. The Morgan fingerprint density at radius 3 is 2.15 bits per heavy atom. The zero-order valence-electron chi connectivity index (χ0n) is 9.23. The Morgan fingerprint density at radius 2 is 1.77 bits per heavy atom. The largest absolute Gasteiger partial charge is 0.330 e. The fourth-order valence-corrected chi connectivity index (χ4v) is 3.74. The molecule has 0 aromatic carbocycles. The molecule has 0 saturated carbocycles. The summed E-state index contributed by atoms with van der Waals surface area (Å²) in [7, 11) is 0. The van der Waals surface area contributed by atoms with E-state index in [1.165, 1.54) is 30.8 Å². The number of thioether (sulfide) groups is 1. The summed E-state index contributed by atoms with van der Waals surface area (Å²) in [5, 5.41) is 0. The van der Waals surface area contributed by atoms with E-state index >= 15 is 0 Å². The van der Waals surface area contributed by atoms with Crippen LogP contribution in [0.4, 0.5) is 0 Å². The average Bonchev–Trinajstić information content (AvgIpc) is 2.03. The quantitative estimate of drug-likeness (QED) is 0.743. The minimum absolute atomic E-state index is 0.432. The van der Waals surface area contributed by atoms with E-state index in [4.69, 9.17) is 5.73 Å². The van der Waals surface area contributed by atoms with Crippen molar-refractivity contribution in [3.05, 3.63) is 0 Å². The molecule has 0 atom stereocenters. The molecule has 1 aliphatic heterocycles. The standard InChI is InChI=1S/C11H23NS/c1-10(2,3)8-11(9-12)4-6-13-7-5-11/h4-9,12H2,1-3H3. The van der Waals surface area contributed by atoms with Crippen LogP contribution in [0.25, 0.3) is 0 Å². The van der Waals surface area contributed by atoms with Crippen LogP contribution in [0.1, 0.15) is 40.0 Å². The topological polar surface area (TPSA) is 26.0 Å². The molecule has 78 valence electrons. The third-order valence-corrected chi connectivity index (χ3v) is 3.88. The summed E-state index contributed by atoms with van der Waals surface area (Å²) in [4.78, 5) is 0. The highest BCUT2D eigenvalue weighted by Gasteiger charge is 2.34.